The number of ether oxygens (including phenoxy) is 2. The van der Waals surface area contributed by atoms with Crippen LogP contribution in [-0.2, 0) is 0 Å². The Labute approximate surface area is 221 Å². The second-order valence-corrected chi connectivity index (χ2v) is 9.49. The normalized spacial score (nSPS) is 15.9. The van der Waals surface area contributed by atoms with Crippen LogP contribution in [-0.4, -0.2) is 53.2 Å². The van der Waals surface area contributed by atoms with Gasteiger partial charge in [0, 0.05) is 18.3 Å². The molecule has 2 heterocycles. The molecule has 196 valence electrons. The zero-order chi connectivity index (χ0) is 26.2. The van der Waals surface area contributed by atoms with E-state index >= 15 is 0 Å². The Hall–Kier alpha value is -2.83. The van der Waals surface area contributed by atoms with Crippen LogP contribution < -0.4 is 9.47 Å². The van der Waals surface area contributed by atoms with Gasteiger partial charge in [0.25, 0.3) is 0 Å². The summed E-state index contributed by atoms with van der Waals surface area (Å²) in [5.74, 6) is 3.48. The highest BCUT2D eigenvalue weighted by Crippen LogP contribution is 2.35. The van der Waals surface area contributed by atoms with Crippen LogP contribution >= 0.6 is 11.8 Å². The number of thioether (sulfide) groups is 1. The number of hydrogen-bond donors (Lipinski definition) is 2. The minimum Gasteiger partial charge on any atom is -0.508 e. The van der Waals surface area contributed by atoms with Gasteiger partial charge >= 0.3 is 0 Å². The molecule has 2 aliphatic rings. The van der Waals surface area contributed by atoms with Gasteiger partial charge in [-0.3, -0.25) is 4.90 Å². The van der Waals surface area contributed by atoms with Crippen LogP contribution in [0.25, 0.3) is 0 Å². The SMILES string of the molecule is CC.C[C@@H]1CCCN1CCOc1ccccc1.Cc1cccc(O)c1.Oc1ccc2c(c1)SCCO2. The molecule has 5 rings (SSSR count). The van der Waals surface area contributed by atoms with Crippen molar-refractivity contribution in [2.45, 2.75) is 51.5 Å². The van der Waals surface area contributed by atoms with Crippen molar-refractivity contribution in [1.29, 1.82) is 0 Å². The zero-order valence-electron chi connectivity index (χ0n) is 22.0. The lowest BCUT2D eigenvalue weighted by atomic mass is 10.2. The average Bonchev–Trinajstić information content (AvgIpc) is 3.31. The molecule has 0 saturated carbocycles. The molecule has 0 amide bonds. The molecular formula is C30H41NO4S. The number of para-hydroxylation sites is 1. The maximum absolute atomic E-state index is 9.12. The number of aromatic hydroxyl groups is 2. The summed E-state index contributed by atoms with van der Waals surface area (Å²) < 4.78 is 11.0. The summed E-state index contributed by atoms with van der Waals surface area (Å²) in [5, 5.41) is 17.9. The smallest absolute Gasteiger partial charge is 0.133 e. The number of fused-ring (bicyclic) bond motifs is 1. The number of phenols is 2. The molecular weight excluding hydrogens is 470 g/mol. The third kappa shape index (κ3) is 10.8. The predicted molar refractivity (Wildman–Crippen MR) is 151 cm³/mol. The van der Waals surface area contributed by atoms with Crippen molar-refractivity contribution in [3.8, 4) is 23.0 Å². The van der Waals surface area contributed by atoms with Gasteiger partial charge in [0.15, 0.2) is 0 Å². The molecule has 0 aliphatic carbocycles. The van der Waals surface area contributed by atoms with E-state index < -0.39 is 0 Å². The van der Waals surface area contributed by atoms with E-state index in [0.29, 0.717) is 11.5 Å². The maximum atomic E-state index is 9.12. The standard InChI is InChI=1S/C13H19NO.C8H8O2S.C7H8O.C2H6/c1-12-6-5-9-14(12)10-11-15-13-7-3-2-4-8-13;9-6-1-2-7-8(5-6)11-4-3-10-7;1-6-3-2-4-7(8)5-6;1-2/h2-4,7-8,12H,5-6,9-11H2,1H3;1-2,5,9H,3-4H2;2-5,8H,1H3;1-2H3/t12-;;;/m1.../s1. The molecule has 3 aromatic rings. The van der Waals surface area contributed by atoms with Crippen LogP contribution in [0.1, 0.15) is 39.2 Å². The second-order valence-electron chi connectivity index (χ2n) is 8.36. The Balaban J connectivity index is 0.000000192. The van der Waals surface area contributed by atoms with E-state index in [-0.39, 0.29) is 0 Å². The third-order valence-electron chi connectivity index (χ3n) is 5.61. The van der Waals surface area contributed by atoms with Crippen LogP contribution in [0.15, 0.2) is 77.7 Å². The molecule has 1 saturated heterocycles. The summed E-state index contributed by atoms with van der Waals surface area (Å²) in [7, 11) is 0. The Kier molecular flexibility index (Phi) is 13.7. The predicted octanol–water partition coefficient (Wildman–Crippen LogP) is 7.15. The van der Waals surface area contributed by atoms with Gasteiger partial charge in [0.05, 0.1) is 11.5 Å². The molecule has 36 heavy (non-hydrogen) atoms. The lowest BCUT2D eigenvalue weighted by molar-refractivity contribution is 0.204. The fourth-order valence-electron chi connectivity index (χ4n) is 3.78. The van der Waals surface area contributed by atoms with Gasteiger partial charge in [0.1, 0.15) is 29.6 Å². The molecule has 0 radical (unpaired) electrons. The largest absolute Gasteiger partial charge is 0.508 e. The van der Waals surface area contributed by atoms with Gasteiger partial charge < -0.3 is 19.7 Å². The van der Waals surface area contributed by atoms with Crippen LogP contribution in [0.2, 0.25) is 0 Å². The number of benzene rings is 3. The van der Waals surface area contributed by atoms with Crippen molar-refractivity contribution in [2.75, 3.05) is 32.1 Å². The molecule has 0 spiro atoms. The number of nitrogens with zero attached hydrogens (tertiary/aromatic N) is 1. The first-order valence-corrected chi connectivity index (χ1v) is 13.8. The lowest BCUT2D eigenvalue weighted by Crippen LogP contribution is -2.31. The molecule has 2 N–H and O–H groups in total. The molecule has 0 aromatic heterocycles. The molecule has 6 heteroatoms. The topological polar surface area (TPSA) is 62.2 Å². The van der Waals surface area contributed by atoms with Crippen molar-refractivity contribution in [3.63, 3.8) is 0 Å². The van der Waals surface area contributed by atoms with Gasteiger partial charge in [-0.1, -0.05) is 44.2 Å². The Morgan fingerprint density at radius 2 is 1.72 bits per heavy atom. The molecule has 1 atom stereocenters. The Morgan fingerprint density at radius 1 is 0.972 bits per heavy atom. The summed E-state index contributed by atoms with van der Waals surface area (Å²) in [6.45, 7) is 12.1. The maximum Gasteiger partial charge on any atom is 0.133 e. The van der Waals surface area contributed by atoms with E-state index in [2.05, 4.69) is 11.8 Å². The molecule has 5 nitrogen and oxygen atoms in total. The van der Waals surface area contributed by atoms with E-state index in [0.717, 1.165) is 53.5 Å². The van der Waals surface area contributed by atoms with Crippen molar-refractivity contribution >= 4 is 11.8 Å². The van der Waals surface area contributed by atoms with Crippen molar-refractivity contribution in [1.82, 2.24) is 4.90 Å². The van der Waals surface area contributed by atoms with E-state index in [4.69, 9.17) is 19.7 Å². The van der Waals surface area contributed by atoms with E-state index in [1.807, 2.05) is 63.2 Å². The average molecular weight is 512 g/mol. The van der Waals surface area contributed by atoms with Gasteiger partial charge in [-0.25, -0.2) is 0 Å². The molecule has 0 bridgehead atoms. The van der Waals surface area contributed by atoms with Crippen molar-refractivity contribution in [2.24, 2.45) is 0 Å². The lowest BCUT2D eigenvalue weighted by Gasteiger charge is -2.20. The monoisotopic (exact) mass is 511 g/mol. The summed E-state index contributed by atoms with van der Waals surface area (Å²) >= 11 is 1.72. The Morgan fingerprint density at radius 3 is 2.36 bits per heavy atom. The summed E-state index contributed by atoms with van der Waals surface area (Å²) in [5.41, 5.74) is 1.09. The van der Waals surface area contributed by atoms with E-state index in [9.17, 15) is 0 Å². The zero-order valence-corrected chi connectivity index (χ0v) is 22.8. The minimum absolute atomic E-state index is 0.307. The van der Waals surface area contributed by atoms with E-state index in [1.165, 1.54) is 19.4 Å². The first kappa shape index (κ1) is 29.4. The summed E-state index contributed by atoms with van der Waals surface area (Å²) in [6, 6.07) is 23.1. The molecule has 1 fully saturated rings. The van der Waals surface area contributed by atoms with Crippen molar-refractivity contribution in [3.05, 3.63) is 78.4 Å². The molecule has 3 aromatic carbocycles. The van der Waals surface area contributed by atoms with Crippen molar-refractivity contribution < 1.29 is 19.7 Å². The van der Waals surface area contributed by atoms with Gasteiger partial charge in [-0.05, 0) is 81.3 Å². The first-order valence-electron chi connectivity index (χ1n) is 12.8. The van der Waals surface area contributed by atoms with Crippen LogP contribution in [0, 0.1) is 6.92 Å². The van der Waals surface area contributed by atoms with Gasteiger partial charge in [-0.15, -0.1) is 11.8 Å². The number of hydrogen-bond acceptors (Lipinski definition) is 6. The summed E-state index contributed by atoms with van der Waals surface area (Å²) in [6.07, 6.45) is 2.68. The van der Waals surface area contributed by atoms with Gasteiger partial charge in [0.2, 0.25) is 0 Å². The number of phenolic OH excluding ortho intramolecular Hbond substituents is 2. The number of aryl methyl sites for hydroxylation is 1. The highest BCUT2D eigenvalue weighted by Gasteiger charge is 2.19. The van der Waals surface area contributed by atoms with Crippen LogP contribution in [0.4, 0.5) is 0 Å². The fourth-order valence-corrected chi connectivity index (χ4v) is 4.64. The first-order chi connectivity index (χ1) is 17.5. The summed E-state index contributed by atoms with van der Waals surface area (Å²) in [4.78, 5) is 3.54. The van der Waals surface area contributed by atoms with Crippen LogP contribution in [0.5, 0.6) is 23.0 Å². The molecule has 2 aliphatic heterocycles. The molecule has 0 unspecified atom stereocenters. The third-order valence-corrected chi connectivity index (χ3v) is 6.61. The quantitative estimate of drug-likeness (QED) is 0.388. The fraction of sp³-hybridized carbons (Fsp3) is 0.400. The second kappa shape index (κ2) is 16.8. The van der Waals surface area contributed by atoms with Crippen LogP contribution in [0.3, 0.4) is 0 Å². The highest BCUT2D eigenvalue weighted by atomic mass is 32.2. The minimum atomic E-state index is 0.307. The highest BCUT2D eigenvalue weighted by molar-refractivity contribution is 7.99. The number of likely N-dealkylation sites (tertiary alicyclic amines) is 1. The van der Waals surface area contributed by atoms with Gasteiger partial charge in [-0.2, -0.15) is 0 Å². The Bertz CT molecular complexity index is 982. The number of rotatable bonds is 4. The van der Waals surface area contributed by atoms with E-state index in [1.54, 1.807) is 42.1 Å².